The number of aliphatic hydroxyl groups excluding tert-OH is 1. The molecule has 176 valence electrons. The zero-order chi connectivity index (χ0) is 23.1. The van der Waals surface area contributed by atoms with Gasteiger partial charge in [-0.25, -0.2) is 17.6 Å². The summed E-state index contributed by atoms with van der Waals surface area (Å²) in [5, 5.41) is 26.0. The van der Waals surface area contributed by atoms with E-state index in [0.29, 0.717) is 10.8 Å². The molecule has 0 unspecified atom stereocenters. The highest BCUT2D eigenvalue weighted by Crippen LogP contribution is 2.29. The van der Waals surface area contributed by atoms with Crippen LogP contribution >= 0.6 is 11.8 Å². The number of fused-ring (bicyclic) bond motifs is 1. The Labute approximate surface area is 190 Å². The number of aliphatic hydroxyl groups is 1. The molecule has 0 radical (unpaired) electrons. The highest BCUT2D eigenvalue weighted by atomic mass is 32.2. The van der Waals surface area contributed by atoms with Crippen LogP contribution in [-0.4, -0.2) is 47.6 Å². The molecule has 0 spiro atoms. The monoisotopic (exact) mass is 473 g/mol. The van der Waals surface area contributed by atoms with Crippen LogP contribution in [0.15, 0.2) is 54.6 Å². The second kappa shape index (κ2) is 11.4. The Morgan fingerprint density at radius 3 is 2.22 bits per heavy atom. The summed E-state index contributed by atoms with van der Waals surface area (Å²) >= 11 is 0.971. The summed E-state index contributed by atoms with van der Waals surface area (Å²) in [6, 6.07) is 14.7. The number of hydrogen-bond donors (Lipinski definition) is 4. The SMILES string of the molecule is O[C@@H](CNCSCC(F)F)CN(O)c1cc(F)c(Nc2ccc3cccc-3cc2)c(F)c1.[HH].[HH]. The van der Waals surface area contributed by atoms with Crippen LogP contribution in [0.4, 0.5) is 34.6 Å². The van der Waals surface area contributed by atoms with Crippen LogP contribution in [0.2, 0.25) is 0 Å². The van der Waals surface area contributed by atoms with Crippen LogP contribution in [0.3, 0.4) is 0 Å². The second-order valence-corrected chi connectivity index (χ2v) is 8.09. The summed E-state index contributed by atoms with van der Waals surface area (Å²) in [6.07, 6.45) is -3.50. The lowest BCUT2D eigenvalue weighted by Crippen LogP contribution is -2.37. The molecule has 10 heteroatoms. The van der Waals surface area contributed by atoms with E-state index in [1.165, 1.54) is 0 Å². The summed E-state index contributed by atoms with van der Waals surface area (Å²) in [4.78, 5) is 0. The largest absolute Gasteiger partial charge is 0.390 e. The Balaban J connectivity index is 0.00000289. The summed E-state index contributed by atoms with van der Waals surface area (Å²) in [5.41, 5.74) is 1.93. The second-order valence-electron chi connectivity index (χ2n) is 7.06. The van der Waals surface area contributed by atoms with E-state index in [-0.39, 0.29) is 38.9 Å². The number of nitrogens with zero attached hydrogens (tertiary/aromatic N) is 1. The quantitative estimate of drug-likeness (QED) is 0.129. The van der Waals surface area contributed by atoms with Gasteiger partial charge in [0.15, 0.2) is 11.6 Å². The summed E-state index contributed by atoms with van der Waals surface area (Å²) < 4.78 is 53.3. The topological polar surface area (TPSA) is 67.8 Å². The first-order chi connectivity index (χ1) is 15.3. The smallest absolute Gasteiger partial charge is 0.247 e. The zero-order valence-electron chi connectivity index (χ0n) is 16.9. The molecule has 32 heavy (non-hydrogen) atoms. The minimum atomic E-state index is -2.41. The third-order valence-corrected chi connectivity index (χ3v) is 5.47. The fourth-order valence-corrected chi connectivity index (χ4v) is 3.60. The van der Waals surface area contributed by atoms with Crippen molar-refractivity contribution in [1.82, 2.24) is 5.32 Å². The number of nitrogens with one attached hydrogen (secondary N) is 2. The summed E-state index contributed by atoms with van der Waals surface area (Å²) in [5.74, 6) is -1.96. The van der Waals surface area contributed by atoms with Gasteiger partial charge in [-0.1, -0.05) is 30.3 Å². The average Bonchev–Trinajstić information content (AvgIpc) is 3.10. The van der Waals surface area contributed by atoms with Crippen molar-refractivity contribution in [3.63, 3.8) is 0 Å². The third kappa shape index (κ3) is 6.73. The van der Waals surface area contributed by atoms with Gasteiger partial charge in [-0.15, -0.1) is 11.8 Å². The molecule has 0 amide bonds. The molecule has 0 aromatic heterocycles. The van der Waals surface area contributed by atoms with Crippen LogP contribution in [0.5, 0.6) is 0 Å². The van der Waals surface area contributed by atoms with Gasteiger partial charge in [0.2, 0.25) is 6.43 Å². The van der Waals surface area contributed by atoms with Crippen molar-refractivity contribution >= 4 is 28.8 Å². The van der Waals surface area contributed by atoms with Gasteiger partial charge in [-0.3, -0.25) is 10.3 Å². The van der Waals surface area contributed by atoms with Gasteiger partial charge in [0.25, 0.3) is 0 Å². The van der Waals surface area contributed by atoms with Crippen LogP contribution < -0.4 is 15.7 Å². The maximum atomic E-state index is 14.6. The van der Waals surface area contributed by atoms with E-state index in [2.05, 4.69) is 10.6 Å². The minimum absolute atomic E-state index is 0. The molecule has 4 N–H and O–H groups in total. The van der Waals surface area contributed by atoms with Gasteiger partial charge in [0.1, 0.15) is 5.69 Å². The van der Waals surface area contributed by atoms with Crippen molar-refractivity contribution in [2.45, 2.75) is 12.5 Å². The first-order valence-electron chi connectivity index (χ1n) is 9.79. The molecule has 0 fully saturated rings. The molecule has 2 aliphatic carbocycles. The Kier molecular flexibility index (Phi) is 8.57. The number of alkyl halides is 2. The lowest BCUT2D eigenvalue weighted by atomic mass is 10.2. The molecular weight excluding hydrogens is 446 g/mol. The predicted molar refractivity (Wildman–Crippen MR) is 123 cm³/mol. The van der Waals surface area contributed by atoms with E-state index >= 15 is 0 Å². The Morgan fingerprint density at radius 1 is 1.00 bits per heavy atom. The number of hydroxylamine groups is 1. The molecule has 0 aliphatic heterocycles. The van der Waals surface area contributed by atoms with E-state index in [1.807, 2.05) is 30.3 Å². The van der Waals surface area contributed by atoms with Crippen LogP contribution in [0.25, 0.3) is 11.1 Å². The normalized spacial score (nSPS) is 12.3. The van der Waals surface area contributed by atoms with Gasteiger partial charge in [-0.2, -0.15) is 0 Å². The molecule has 3 rings (SSSR count). The summed E-state index contributed by atoms with van der Waals surface area (Å²) in [6.45, 7) is -0.318. The number of halogens is 4. The van der Waals surface area contributed by atoms with Crippen molar-refractivity contribution < 1.29 is 30.7 Å². The van der Waals surface area contributed by atoms with Gasteiger partial charge in [-0.05, 0) is 23.3 Å². The first-order valence-corrected chi connectivity index (χ1v) is 10.9. The number of hydrogen-bond acceptors (Lipinski definition) is 6. The van der Waals surface area contributed by atoms with Crippen molar-refractivity contribution in [1.29, 1.82) is 0 Å². The Hall–Kier alpha value is -2.53. The van der Waals surface area contributed by atoms with Crippen LogP contribution in [0.1, 0.15) is 2.85 Å². The maximum absolute atomic E-state index is 14.6. The molecule has 1 aromatic rings. The highest BCUT2D eigenvalue weighted by molar-refractivity contribution is 7.99. The minimum Gasteiger partial charge on any atom is -0.390 e. The lowest BCUT2D eigenvalue weighted by Gasteiger charge is -2.22. The standard InChI is InChI=1S/C22H23F4N3O2S.2H2/c23-19-8-17(29(31)11-18(30)10-27-13-32-12-21(25)26)9-20(24)22(19)28-16-6-4-14-2-1-3-15(14)5-7-16;;/h1-9,18,21,27-28,30-31H,10-13H2;2*1H/t18-;;/m0../s1. The van der Waals surface area contributed by atoms with E-state index in [1.54, 1.807) is 12.1 Å². The fraction of sp³-hybridized carbons (Fsp3) is 0.273. The van der Waals surface area contributed by atoms with Crippen LogP contribution in [-0.2, 0) is 0 Å². The maximum Gasteiger partial charge on any atom is 0.247 e. The van der Waals surface area contributed by atoms with E-state index in [9.17, 15) is 27.9 Å². The predicted octanol–water partition coefficient (Wildman–Crippen LogP) is 5.41. The van der Waals surface area contributed by atoms with Gasteiger partial charge >= 0.3 is 0 Å². The summed E-state index contributed by atoms with van der Waals surface area (Å²) in [7, 11) is 0. The van der Waals surface area contributed by atoms with Gasteiger partial charge in [0.05, 0.1) is 24.1 Å². The Bertz CT molecular complexity index is 952. The number of benzene rings is 1. The number of thioether (sulfide) groups is 1. The molecule has 0 saturated heterocycles. The molecule has 0 bridgehead atoms. The molecule has 1 aromatic carbocycles. The molecule has 0 heterocycles. The van der Waals surface area contributed by atoms with E-state index in [4.69, 9.17) is 0 Å². The highest BCUT2D eigenvalue weighted by Gasteiger charge is 2.17. The fourth-order valence-electron chi connectivity index (χ4n) is 3.04. The molecule has 5 nitrogen and oxygen atoms in total. The van der Waals surface area contributed by atoms with E-state index < -0.39 is 24.2 Å². The molecule has 1 atom stereocenters. The number of rotatable bonds is 11. The average molecular weight is 474 g/mol. The lowest BCUT2D eigenvalue weighted by molar-refractivity contribution is 0.137. The van der Waals surface area contributed by atoms with Gasteiger partial charge < -0.3 is 15.7 Å². The zero-order valence-corrected chi connectivity index (χ0v) is 17.8. The molecular formula is C22H27F4N3O2S. The number of anilines is 3. The molecule has 0 saturated carbocycles. The van der Waals surface area contributed by atoms with Crippen LogP contribution in [0, 0.1) is 11.6 Å². The third-order valence-electron chi connectivity index (χ3n) is 4.58. The first kappa shape index (κ1) is 24.1. The van der Waals surface area contributed by atoms with Crippen molar-refractivity contribution in [3.05, 3.63) is 66.2 Å². The van der Waals surface area contributed by atoms with Crippen molar-refractivity contribution in [3.8, 4) is 11.1 Å². The molecule has 2 aliphatic rings. The Morgan fingerprint density at radius 2 is 1.62 bits per heavy atom. The van der Waals surface area contributed by atoms with E-state index in [0.717, 1.165) is 35.0 Å². The van der Waals surface area contributed by atoms with Crippen molar-refractivity contribution in [2.75, 3.05) is 35.1 Å². The van der Waals surface area contributed by atoms with Gasteiger partial charge in [0, 0.05) is 33.1 Å². The van der Waals surface area contributed by atoms with Crippen molar-refractivity contribution in [2.24, 2.45) is 0 Å².